The second kappa shape index (κ2) is 1.06. The molecule has 5 nitrogen and oxygen atoms in total. The summed E-state index contributed by atoms with van der Waals surface area (Å²) in [5, 5.41) is 13.2. The Kier molecular flexibility index (Phi) is 0.476. The van der Waals surface area contributed by atoms with E-state index >= 15 is 0 Å². The lowest BCUT2D eigenvalue weighted by Gasteiger charge is -1.59. The van der Waals surface area contributed by atoms with Crippen molar-refractivity contribution in [2.45, 2.75) is 0 Å². The smallest absolute Gasteiger partial charge is 0.220 e. The molecule has 40 valence electrons. The van der Waals surface area contributed by atoms with E-state index in [9.17, 15) is 0 Å². The van der Waals surface area contributed by atoms with Gasteiger partial charge in [0.05, 0.1) is 6.20 Å². The van der Waals surface area contributed by atoms with Crippen LogP contribution in [0.5, 0.6) is 0 Å². The Morgan fingerprint density at radius 3 is 3.38 bits per heavy atom. The lowest BCUT2D eigenvalue weighted by Crippen LogP contribution is -1.64. The molecule has 2 aromatic rings. The maximum absolute atomic E-state index is 4.33. The van der Waals surface area contributed by atoms with Crippen molar-refractivity contribution in [3.05, 3.63) is 6.20 Å². The quantitative estimate of drug-likeness (QED) is 0.516. The van der Waals surface area contributed by atoms with Gasteiger partial charge in [-0.05, 0) is 10.3 Å². The number of fused-ring (bicyclic) bond motifs is 1. The summed E-state index contributed by atoms with van der Waals surface area (Å²) in [7, 11) is 0. The summed E-state index contributed by atoms with van der Waals surface area (Å²) in [4.78, 5) is 0. The van der Waals surface area contributed by atoms with Crippen LogP contribution in [0.25, 0.3) is 11.2 Å². The maximum Gasteiger partial charge on any atom is 0.220 e. The van der Waals surface area contributed by atoms with Crippen LogP contribution in [-0.2, 0) is 0 Å². The summed E-state index contributed by atoms with van der Waals surface area (Å²) in [5.74, 6) is 0. The van der Waals surface area contributed by atoms with Crippen molar-refractivity contribution in [1.82, 2.24) is 20.5 Å². The lowest BCUT2D eigenvalue weighted by atomic mass is 10.6. The molecule has 1 N–H and O–H groups in total. The summed E-state index contributed by atoms with van der Waals surface area (Å²) < 4.78 is 4.33. The van der Waals surface area contributed by atoms with E-state index in [0.717, 1.165) is 0 Å². The average Bonchev–Trinajstić information content (AvgIpc) is 2.15. The molecule has 2 heterocycles. The highest BCUT2D eigenvalue weighted by Gasteiger charge is 1.97. The predicted octanol–water partition coefficient (Wildman–Crippen LogP) is -0.0541. The number of nitrogens with zero attached hydrogens (tertiary/aromatic N) is 3. The van der Waals surface area contributed by atoms with Gasteiger partial charge in [-0.15, -0.1) is 0 Å². The number of aromatic amines is 1. The van der Waals surface area contributed by atoms with Gasteiger partial charge in [0.25, 0.3) is 0 Å². The molecule has 0 aliphatic heterocycles. The molecule has 0 bridgehead atoms. The molecule has 2 rings (SSSR count). The fraction of sp³-hybridized carbons (Fsp3) is 0. The second-order valence-electron chi connectivity index (χ2n) is 1.37. The monoisotopic (exact) mass is 110 g/mol. The minimum Gasteiger partial charge on any atom is -0.256 e. The summed E-state index contributed by atoms with van der Waals surface area (Å²) >= 11 is 0. The van der Waals surface area contributed by atoms with E-state index in [1.165, 1.54) is 0 Å². The number of hydrogen-bond acceptors (Lipinski definition) is 4. The van der Waals surface area contributed by atoms with E-state index in [4.69, 9.17) is 0 Å². The molecule has 0 radical (unpaired) electrons. The highest BCUT2D eigenvalue weighted by molar-refractivity contribution is 5.66. The SMILES string of the molecule is c1n[nH]c2nonc12. The van der Waals surface area contributed by atoms with E-state index in [-0.39, 0.29) is 0 Å². The number of rotatable bonds is 0. The van der Waals surface area contributed by atoms with Gasteiger partial charge in [-0.2, -0.15) is 5.10 Å². The van der Waals surface area contributed by atoms with Gasteiger partial charge in [0.15, 0.2) is 5.52 Å². The Labute approximate surface area is 43.6 Å². The van der Waals surface area contributed by atoms with Gasteiger partial charge in [0, 0.05) is 0 Å². The largest absolute Gasteiger partial charge is 0.256 e. The molecule has 5 heteroatoms. The molecule has 8 heavy (non-hydrogen) atoms. The first-order chi connectivity index (χ1) is 3.97. The molecule has 0 fully saturated rings. The van der Waals surface area contributed by atoms with Gasteiger partial charge in [-0.1, -0.05) is 0 Å². The number of nitrogens with one attached hydrogen (secondary N) is 1. The molecular weight excluding hydrogens is 108 g/mol. The van der Waals surface area contributed by atoms with Gasteiger partial charge < -0.3 is 0 Å². The summed E-state index contributed by atoms with van der Waals surface area (Å²) in [5.41, 5.74) is 1.25. The van der Waals surface area contributed by atoms with Gasteiger partial charge in [-0.25, -0.2) is 4.63 Å². The molecular formula is C3H2N4O. The van der Waals surface area contributed by atoms with Crippen LogP contribution in [0.15, 0.2) is 10.8 Å². The molecule has 0 amide bonds. The van der Waals surface area contributed by atoms with E-state index in [0.29, 0.717) is 11.2 Å². The molecule has 0 aliphatic rings. The van der Waals surface area contributed by atoms with Crippen LogP contribution in [0, 0.1) is 0 Å². The number of hydrogen-bond donors (Lipinski definition) is 1. The van der Waals surface area contributed by atoms with Crippen molar-refractivity contribution in [3.8, 4) is 0 Å². The Bertz CT molecular complexity index is 233. The molecule has 0 spiro atoms. The normalized spacial score (nSPS) is 10.5. The van der Waals surface area contributed by atoms with Crippen LogP contribution in [0.2, 0.25) is 0 Å². The molecule has 0 saturated heterocycles. The van der Waals surface area contributed by atoms with E-state index in [1.807, 2.05) is 0 Å². The second-order valence-corrected chi connectivity index (χ2v) is 1.37. The molecule has 0 aliphatic carbocycles. The molecule has 0 atom stereocenters. The standard InChI is InChI=1S/C3H2N4O/c1-2-3(5-4-1)7-8-6-2/h1H,(H,5,7). The molecule has 0 saturated carbocycles. The fourth-order valence-corrected chi connectivity index (χ4v) is 0.512. The fourth-order valence-electron chi connectivity index (χ4n) is 0.512. The third-order valence-electron chi connectivity index (χ3n) is 0.871. The number of aromatic nitrogens is 4. The minimum absolute atomic E-state index is 0.588. The first-order valence-corrected chi connectivity index (χ1v) is 2.08. The van der Waals surface area contributed by atoms with Crippen molar-refractivity contribution in [2.24, 2.45) is 0 Å². The van der Waals surface area contributed by atoms with E-state index in [2.05, 4.69) is 25.1 Å². The Hall–Kier alpha value is -1.39. The van der Waals surface area contributed by atoms with Crippen molar-refractivity contribution in [1.29, 1.82) is 0 Å². The van der Waals surface area contributed by atoms with Crippen LogP contribution in [0.1, 0.15) is 0 Å². The molecule has 0 aromatic carbocycles. The summed E-state index contributed by atoms with van der Waals surface area (Å²) in [6.07, 6.45) is 1.55. The van der Waals surface area contributed by atoms with E-state index < -0.39 is 0 Å². The highest BCUT2D eigenvalue weighted by atomic mass is 16.6. The van der Waals surface area contributed by atoms with Crippen LogP contribution in [0.4, 0.5) is 0 Å². The third kappa shape index (κ3) is 0.281. The third-order valence-corrected chi connectivity index (χ3v) is 0.871. The van der Waals surface area contributed by atoms with Gasteiger partial charge in [0.2, 0.25) is 5.65 Å². The van der Waals surface area contributed by atoms with Crippen molar-refractivity contribution in [2.75, 3.05) is 0 Å². The van der Waals surface area contributed by atoms with Crippen molar-refractivity contribution < 1.29 is 4.63 Å². The zero-order valence-corrected chi connectivity index (χ0v) is 3.83. The van der Waals surface area contributed by atoms with E-state index in [1.54, 1.807) is 6.20 Å². The zero-order valence-electron chi connectivity index (χ0n) is 3.83. The summed E-state index contributed by atoms with van der Waals surface area (Å²) in [6.45, 7) is 0. The predicted molar refractivity (Wildman–Crippen MR) is 23.9 cm³/mol. The minimum atomic E-state index is 0.588. The van der Waals surface area contributed by atoms with Gasteiger partial charge in [-0.3, -0.25) is 5.10 Å². The van der Waals surface area contributed by atoms with Gasteiger partial charge in [0.1, 0.15) is 0 Å². The molecule has 0 unspecified atom stereocenters. The average molecular weight is 110 g/mol. The topological polar surface area (TPSA) is 67.6 Å². The zero-order chi connectivity index (χ0) is 5.40. The van der Waals surface area contributed by atoms with Crippen molar-refractivity contribution in [3.63, 3.8) is 0 Å². The summed E-state index contributed by atoms with van der Waals surface area (Å²) in [6, 6.07) is 0. The van der Waals surface area contributed by atoms with Crippen molar-refractivity contribution >= 4 is 11.2 Å². The van der Waals surface area contributed by atoms with Crippen LogP contribution in [0.3, 0.4) is 0 Å². The highest BCUT2D eigenvalue weighted by Crippen LogP contribution is 1.99. The first-order valence-electron chi connectivity index (χ1n) is 2.08. The molecule has 2 aromatic heterocycles. The number of H-pyrrole nitrogens is 1. The Balaban J connectivity index is 3.06. The van der Waals surface area contributed by atoms with Gasteiger partial charge >= 0.3 is 0 Å². The lowest BCUT2D eigenvalue weighted by molar-refractivity contribution is 0.314. The maximum atomic E-state index is 4.33. The Morgan fingerprint density at radius 1 is 1.50 bits per heavy atom. The van der Waals surface area contributed by atoms with Crippen LogP contribution < -0.4 is 0 Å². The first kappa shape index (κ1) is 3.59. The van der Waals surface area contributed by atoms with Crippen LogP contribution >= 0.6 is 0 Å². The van der Waals surface area contributed by atoms with Crippen LogP contribution in [-0.4, -0.2) is 20.5 Å². The Morgan fingerprint density at radius 2 is 2.50 bits per heavy atom.